The maximum atomic E-state index is 11.5. The van der Waals surface area contributed by atoms with Crippen LogP contribution in [0.2, 0.25) is 0 Å². The topological polar surface area (TPSA) is 89.3 Å². The highest BCUT2D eigenvalue weighted by atomic mass is 16.5. The maximum Gasteiger partial charge on any atom is 0.305 e. The lowest BCUT2D eigenvalue weighted by atomic mass is 10.1. The van der Waals surface area contributed by atoms with E-state index in [0.29, 0.717) is 6.61 Å². The van der Waals surface area contributed by atoms with Crippen molar-refractivity contribution < 1.29 is 14.6 Å². The number of aromatic nitrogens is 3. The van der Waals surface area contributed by atoms with E-state index in [2.05, 4.69) is 22.4 Å². The molecule has 0 amide bonds. The Kier molecular flexibility index (Phi) is 5.93. The Balaban J connectivity index is 1.30. The molecule has 1 aromatic carbocycles. The van der Waals surface area contributed by atoms with Gasteiger partial charge in [-0.05, 0) is 60.9 Å². The number of benzene rings is 1. The molecule has 1 aliphatic heterocycles. The summed E-state index contributed by atoms with van der Waals surface area (Å²) in [5.74, 6) is 0.924. The summed E-state index contributed by atoms with van der Waals surface area (Å²) in [5, 5.41) is 13.8. The second-order valence-electron chi connectivity index (χ2n) is 8.25. The lowest BCUT2D eigenvalue weighted by Gasteiger charge is -2.18. The molecule has 2 N–H and O–H groups in total. The van der Waals surface area contributed by atoms with Crippen LogP contribution in [0, 0.1) is 0 Å². The van der Waals surface area contributed by atoms with Crippen LogP contribution >= 0.6 is 0 Å². The summed E-state index contributed by atoms with van der Waals surface area (Å²) in [4.78, 5) is 20.6. The molecule has 5 rings (SSSR count). The number of nitrogens with one attached hydrogen (secondary N) is 1. The molecule has 4 heterocycles. The lowest BCUT2D eigenvalue weighted by Crippen LogP contribution is -2.15. The second-order valence-corrected chi connectivity index (χ2v) is 8.25. The molecule has 1 aliphatic rings. The van der Waals surface area contributed by atoms with Gasteiger partial charge in [-0.1, -0.05) is 12.1 Å². The number of nitrogens with zero attached hydrogens (tertiary/aromatic N) is 3. The third-order valence-corrected chi connectivity index (χ3v) is 6.00. The van der Waals surface area contributed by atoms with Gasteiger partial charge in [0.15, 0.2) is 0 Å². The van der Waals surface area contributed by atoms with Crippen LogP contribution in [0.25, 0.3) is 10.9 Å². The Hall–Kier alpha value is -3.87. The van der Waals surface area contributed by atoms with Gasteiger partial charge in [-0.3, -0.25) is 9.78 Å². The minimum atomic E-state index is -0.863. The Morgan fingerprint density at radius 2 is 2.12 bits per heavy atom. The zero-order valence-electron chi connectivity index (χ0n) is 18.3. The van der Waals surface area contributed by atoms with E-state index >= 15 is 0 Å². The van der Waals surface area contributed by atoms with Crippen molar-refractivity contribution in [2.24, 2.45) is 0 Å². The van der Waals surface area contributed by atoms with Crippen LogP contribution in [0.1, 0.15) is 35.8 Å². The standard InChI is InChI=1S/C26H26N4O3/c31-25(32)17-24(22-5-1-2-12-27-22)30-14-10-19-16-21(8-9-23(19)30)33-15-11-20-7-6-18-4-3-13-28-26(18)29-20/h1-2,5-10,12,14,16,24H,3-4,11,13,15,17H2,(H,28,29)(H,31,32). The van der Waals surface area contributed by atoms with Gasteiger partial charge in [0.05, 0.1) is 24.8 Å². The highest BCUT2D eigenvalue weighted by Crippen LogP contribution is 2.29. The highest BCUT2D eigenvalue weighted by molar-refractivity contribution is 5.82. The minimum absolute atomic E-state index is 0.0400. The first-order chi connectivity index (χ1) is 16.2. The van der Waals surface area contributed by atoms with E-state index in [1.165, 1.54) is 5.56 Å². The summed E-state index contributed by atoms with van der Waals surface area (Å²) in [5.41, 5.74) is 3.97. The van der Waals surface area contributed by atoms with Crippen molar-refractivity contribution in [1.29, 1.82) is 0 Å². The Labute approximate surface area is 192 Å². The van der Waals surface area contributed by atoms with E-state index in [9.17, 15) is 9.90 Å². The molecule has 33 heavy (non-hydrogen) atoms. The van der Waals surface area contributed by atoms with Crippen molar-refractivity contribution in [2.75, 3.05) is 18.5 Å². The molecule has 0 saturated carbocycles. The summed E-state index contributed by atoms with van der Waals surface area (Å²) < 4.78 is 7.98. The molecule has 0 aliphatic carbocycles. The molecule has 0 bridgehead atoms. The molecule has 7 heteroatoms. The number of aliphatic carboxylic acids is 1. The number of ether oxygens (including phenoxy) is 1. The quantitative estimate of drug-likeness (QED) is 0.418. The average Bonchev–Trinajstić information content (AvgIpc) is 3.26. The number of anilines is 1. The van der Waals surface area contributed by atoms with E-state index in [0.717, 1.165) is 59.7 Å². The zero-order chi connectivity index (χ0) is 22.6. The van der Waals surface area contributed by atoms with Gasteiger partial charge in [-0.25, -0.2) is 4.98 Å². The molecule has 0 radical (unpaired) electrons. The van der Waals surface area contributed by atoms with Gasteiger partial charge in [-0.2, -0.15) is 0 Å². The number of hydrogen-bond acceptors (Lipinski definition) is 5. The van der Waals surface area contributed by atoms with Gasteiger partial charge in [-0.15, -0.1) is 0 Å². The summed E-state index contributed by atoms with van der Waals surface area (Å²) in [6.45, 7) is 1.51. The average molecular weight is 443 g/mol. The smallest absolute Gasteiger partial charge is 0.305 e. The fourth-order valence-corrected chi connectivity index (χ4v) is 4.37. The predicted octanol–water partition coefficient (Wildman–Crippen LogP) is 4.48. The SMILES string of the molecule is O=C(O)CC(c1ccccn1)n1ccc2cc(OCCc3ccc4c(n3)NCCC4)ccc21. The van der Waals surface area contributed by atoms with E-state index in [-0.39, 0.29) is 12.5 Å². The van der Waals surface area contributed by atoms with Crippen LogP contribution in [-0.2, 0) is 17.6 Å². The number of carbonyl (C=O) groups is 1. The van der Waals surface area contributed by atoms with Crippen LogP contribution in [0.4, 0.5) is 5.82 Å². The molecule has 1 unspecified atom stereocenters. The maximum absolute atomic E-state index is 11.5. The van der Waals surface area contributed by atoms with Gasteiger partial charge < -0.3 is 19.7 Å². The molecular formula is C26H26N4O3. The van der Waals surface area contributed by atoms with E-state index in [4.69, 9.17) is 9.72 Å². The van der Waals surface area contributed by atoms with Crippen molar-refractivity contribution in [1.82, 2.24) is 14.5 Å². The second kappa shape index (κ2) is 9.32. The van der Waals surface area contributed by atoms with Gasteiger partial charge in [0.25, 0.3) is 0 Å². The van der Waals surface area contributed by atoms with Crippen LogP contribution < -0.4 is 10.1 Å². The Morgan fingerprint density at radius 3 is 2.97 bits per heavy atom. The van der Waals surface area contributed by atoms with Crippen molar-refractivity contribution >= 4 is 22.7 Å². The summed E-state index contributed by atoms with van der Waals surface area (Å²) >= 11 is 0. The fourth-order valence-electron chi connectivity index (χ4n) is 4.37. The number of carboxylic acid groups (broad SMARTS) is 1. The number of aryl methyl sites for hydroxylation is 1. The molecule has 0 spiro atoms. The number of fused-ring (bicyclic) bond motifs is 2. The number of carboxylic acids is 1. The van der Waals surface area contributed by atoms with Crippen molar-refractivity contribution in [2.45, 2.75) is 31.7 Å². The third kappa shape index (κ3) is 4.67. The first-order valence-electron chi connectivity index (χ1n) is 11.3. The zero-order valence-corrected chi connectivity index (χ0v) is 18.3. The van der Waals surface area contributed by atoms with Crippen LogP contribution in [0.3, 0.4) is 0 Å². The molecule has 168 valence electrons. The number of pyridine rings is 2. The molecule has 7 nitrogen and oxygen atoms in total. The Bertz CT molecular complexity index is 1270. The molecular weight excluding hydrogens is 416 g/mol. The van der Waals surface area contributed by atoms with Gasteiger partial charge in [0.2, 0.25) is 0 Å². The number of rotatable bonds is 8. The first kappa shape index (κ1) is 21.0. The normalized spacial score (nSPS) is 13.8. The first-order valence-corrected chi connectivity index (χ1v) is 11.3. The monoisotopic (exact) mass is 442 g/mol. The van der Waals surface area contributed by atoms with E-state index in [1.807, 2.05) is 53.2 Å². The number of hydrogen-bond donors (Lipinski definition) is 2. The minimum Gasteiger partial charge on any atom is -0.493 e. The van der Waals surface area contributed by atoms with Gasteiger partial charge >= 0.3 is 5.97 Å². The highest BCUT2D eigenvalue weighted by Gasteiger charge is 2.20. The van der Waals surface area contributed by atoms with Crippen molar-refractivity contribution in [3.05, 3.63) is 83.9 Å². The van der Waals surface area contributed by atoms with Crippen molar-refractivity contribution in [3.63, 3.8) is 0 Å². The van der Waals surface area contributed by atoms with Crippen LogP contribution in [-0.4, -0.2) is 38.8 Å². The van der Waals surface area contributed by atoms with Crippen LogP contribution in [0.15, 0.2) is 67.0 Å². The molecule has 0 saturated heterocycles. The Morgan fingerprint density at radius 1 is 1.18 bits per heavy atom. The van der Waals surface area contributed by atoms with E-state index in [1.54, 1.807) is 6.20 Å². The third-order valence-electron chi connectivity index (χ3n) is 6.00. The fraction of sp³-hybridized carbons (Fsp3) is 0.269. The largest absolute Gasteiger partial charge is 0.493 e. The lowest BCUT2D eigenvalue weighted by molar-refractivity contribution is -0.137. The van der Waals surface area contributed by atoms with Crippen molar-refractivity contribution in [3.8, 4) is 5.75 Å². The molecule has 3 aromatic heterocycles. The molecule has 0 fully saturated rings. The summed E-state index contributed by atoms with van der Waals surface area (Å²) in [6.07, 6.45) is 6.53. The van der Waals surface area contributed by atoms with Crippen LogP contribution in [0.5, 0.6) is 5.75 Å². The summed E-state index contributed by atoms with van der Waals surface area (Å²) in [7, 11) is 0. The predicted molar refractivity (Wildman–Crippen MR) is 127 cm³/mol. The molecule has 1 atom stereocenters. The van der Waals surface area contributed by atoms with Gasteiger partial charge in [0, 0.05) is 42.0 Å². The molecule has 4 aromatic rings. The summed E-state index contributed by atoms with van der Waals surface area (Å²) in [6, 6.07) is 17.3. The van der Waals surface area contributed by atoms with Gasteiger partial charge in [0.1, 0.15) is 11.6 Å². The van der Waals surface area contributed by atoms with E-state index < -0.39 is 5.97 Å².